The summed E-state index contributed by atoms with van der Waals surface area (Å²) in [5.74, 6) is -0.0491. The predicted molar refractivity (Wildman–Crippen MR) is 82.4 cm³/mol. The molecule has 0 fully saturated rings. The van der Waals surface area contributed by atoms with Crippen molar-refractivity contribution in [2.45, 2.75) is 26.8 Å². The molecule has 1 aromatic rings. The third-order valence-corrected chi connectivity index (χ3v) is 3.19. The van der Waals surface area contributed by atoms with Crippen LogP contribution in [-0.4, -0.2) is 30.0 Å². The lowest BCUT2D eigenvalue weighted by molar-refractivity contribution is -0.384. The second kappa shape index (κ2) is 7.58. The van der Waals surface area contributed by atoms with Crippen molar-refractivity contribution in [3.05, 3.63) is 33.9 Å². The molecule has 1 aromatic carbocycles. The molecule has 0 heterocycles. The largest absolute Gasteiger partial charge is 0.375 e. The van der Waals surface area contributed by atoms with Crippen LogP contribution in [0.1, 0.15) is 31.1 Å². The van der Waals surface area contributed by atoms with Crippen LogP contribution in [0.2, 0.25) is 0 Å². The molecular formula is C14H22N4O3. The zero-order chi connectivity index (χ0) is 16.0. The van der Waals surface area contributed by atoms with Crippen LogP contribution in [0.25, 0.3) is 0 Å². The molecule has 0 saturated heterocycles. The van der Waals surface area contributed by atoms with E-state index in [2.05, 4.69) is 10.6 Å². The van der Waals surface area contributed by atoms with Gasteiger partial charge in [-0.3, -0.25) is 14.9 Å². The average molecular weight is 294 g/mol. The van der Waals surface area contributed by atoms with Crippen molar-refractivity contribution in [3.8, 4) is 0 Å². The van der Waals surface area contributed by atoms with Gasteiger partial charge in [-0.05, 0) is 25.0 Å². The van der Waals surface area contributed by atoms with Crippen molar-refractivity contribution in [2.75, 3.05) is 18.4 Å². The number of nitrogens with one attached hydrogen (secondary N) is 2. The third-order valence-electron chi connectivity index (χ3n) is 3.19. The first-order chi connectivity index (χ1) is 9.90. The molecule has 1 amide bonds. The van der Waals surface area contributed by atoms with Crippen molar-refractivity contribution in [2.24, 2.45) is 11.7 Å². The Morgan fingerprint density at radius 1 is 1.43 bits per heavy atom. The average Bonchev–Trinajstić information content (AvgIpc) is 2.44. The minimum atomic E-state index is -0.474. The Hall–Kier alpha value is -2.15. The Morgan fingerprint density at radius 3 is 2.57 bits per heavy atom. The number of hydrogen-bond acceptors (Lipinski definition) is 5. The molecule has 0 spiro atoms. The van der Waals surface area contributed by atoms with Gasteiger partial charge in [0.05, 0.1) is 4.92 Å². The van der Waals surface area contributed by atoms with Gasteiger partial charge in [-0.1, -0.05) is 13.8 Å². The van der Waals surface area contributed by atoms with Crippen LogP contribution in [0.5, 0.6) is 0 Å². The Balaban J connectivity index is 3.15. The van der Waals surface area contributed by atoms with E-state index in [0.29, 0.717) is 24.3 Å². The van der Waals surface area contributed by atoms with Gasteiger partial charge in [-0.15, -0.1) is 0 Å². The fourth-order valence-electron chi connectivity index (χ4n) is 1.91. The first kappa shape index (κ1) is 16.9. The van der Waals surface area contributed by atoms with Gasteiger partial charge in [0.15, 0.2) is 0 Å². The van der Waals surface area contributed by atoms with Crippen molar-refractivity contribution < 1.29 is 9.72 Å². The summed E-state index contributed by atoms with van der Waals surface area (Å²) in [6, 6.07) is 4.17. The number of rotatable bonds is 7. The number of amides is 1. The Morgan fingerprint density at radius 2 is 2.10 bits per heavy atom. The van der Waals surface area contributed by atoms with Gasteiger partial charge in [-0.25, -0.2) is 0 Å². The Labute approximate surface area is 124 Å². The summed E-state index contributed by atoms with van der Waals surface area (Å²) in [6.07, 6.45) is 0. The number of carbonyl (C=O) groups excluding carboxylic acids is 1. The van der Waals surface area contributed by atoms with Crippen molar-refractivity contribution in [3.63, 3.8) is 0 Å². The minimum Gasteiger partial charge on any atom is -0.375 e. The van der Waals surface area contributed by atoms with Gasteiger partial charge in [0.1, 0.15) is 5.69 Å². The molecule has 1 rings (SSSR count). The summed E-state index contributed by atoms with van der Waals surface area (Å²) < 4.78 is 0. The molecular weight excluding hydrogens is 272 g/mol. The molecule has 7 heteroatoms. The highest BCUT2D eigenvalue weighted by atomic mass is 16.6. The fourth-order valence-corrected chi connectivity index (χ4v) is 1.91. The van der Waals surface area contributed by atoms with E-state index in [4.69, 9.17) is 5.73 Å². The normalized spacial score (nSPS) is 12.0. The number of hydrogen-bond donors (Lipinski definition) is 3. The van der Waals surface area contributed by atoms with Gasteiger partial charge >= 0.3 is 0 Å². The van der Waals surface area contributed by atoms with Crippen LogP contribution in [0, 0.1) is 16.0 Å². The standard InChI is InChI=1S/C14H22N4O3/c1-4-16-14(19)10-5-6-13(18(20)21)11(7-10)17-12(8-15)9(2)3/h5-7,9,12,17H,4,8,15H2,1-3H3,(H,16,19). The molecule has 21 heavy (non-hydrogen) atoms. The second-order valence-electron chi connectivity index (χ2n) is 5.08. The lowest BCUT2D eigenvalue weighted by Crippen LogP contribution is -2.34. The van der Waals surface area contributed by atoms with Crippen molar-refractivity contribution in [1.29, 1.82) is 0 Å². The van der Waals surface area contributed by atoms with Crippen molar-refractivity contribution >= 4 is 17.3 Å². The maximum atomic E-state index is 11.8. The summed E-state index contributed by atoms with van der Waals surface area (Å²) in [5.41, 5.74) is 6.31. The summed E-state index contributed by atoms with van der Waals surface area (Å²) in [7, 11) is 0. The summed E-state index contributed by atoms with van der Waals surface area (Å²) in [5, 5.41) is 16.8. The molecule has 1 unspecified atom stereocenters. The van der Waals surface area contributed by atoms with E-state index in [1.165, 1.54) is 18.2 Å². The Bertz CT molecular complexity index is 517. The first-order valence-corrected chi connectivity index (χ1v) is 6.93. The second-order valence-corrected chi connectivity index (χ2v) is 5.08. The highest BCUT2D eigenvalue weighted by molar-refractivity contribution is 5.95. The molecule has 116 valence electrons. The lowest BCUT2D eigenvalue weighted by Gasteiger charge is -2.22. The smallest absolute Gasteiger partial charge is 0.292 e. The predicted octanol–water partition coefficient (Wildman–Crippen LogP) is 1.74. The van der Waals surface area contributed by atoms with Gasteiger partial charge in [0.25, 0.3) is 11.6 Å². The minimum absolute atomic E-state index is 0.0675. The fraction of sp³-hybridized carbons (Fsp3) is 0.500. The van der Waals surface area contributed by atoms with E-state index in [0.717, 1.165) is 0 Å². The number of anilines is 1. The van der Waals surface area contributed by atoms with E-state index in [9.17, 15) is 14.9 Å². The molecule has 0 radical (unpaired) electrons. The molecule has 4 N–H and O–H groups in total. The van der Waals surface area contributed by atoms with Crippen LogP contribution >= 0.6 is 0 Å². The number of carbonyl (C=O) groups is 1. The van der Waals surface area contributed by atoms with Gasteiger partial charge in [0.2, 0.25) is 0 Å². The van der Waals surface area contributed by atoms with E-state index >= 15 is 0 Å². The molecule has 0 bridgehead atoms. The van der Waals surface area contributed by atoms with Crippen LogP contribution in [0.3, 0.4) is 0 Å². The zero-order valence-corrected chi connectivity index (χ0v) is 12.6. The van der Waals surface area contributed by atoms with Crippen molar-refractivity contribution in [1.82, 2.24) is 5.32 Å². The number of benzene rings is 1. The van der Waals surface area contributed by atoms with E-state index in [-0.39, 0.29) is 23.6 Å². The van der Waals surface area contributed by atoms with Crippen LogP contribution < -0.4 is 16.4 Å². The zero-order valence-electron chi connectivity index (χ0n) is 12.6. The number of nitrogens with zero attached hydrogens (tertiary/aromatic N) is 1. The highest BCUT2D eigenvalue weighted by Gasteiger charge is 2.20. The lowest BCUT2D eigenvalue weighted by atomic mass is 10.0. The number of nitro benzene ring substituents is 1. The van der Waals surface area contributed by atoms with Crippen LogP contribution in [0.4, 0.5) is 11.4 Å². The summed E-state index contributed by atoms with van der Waals surface area (Å²) >= 11 is 0. The topological polar surface area (TPSA) is 110 Å². The van der Waals surface area contributed by atoms with Crippen LogP contribution in [0.15, 0.2) is 18.2 Å². The maximum Gasteiger partial charge on any atom is 0.292 e. The molecule has 0 aliphatic rings. The van der Waals surface area contributed by atoms with Crippen LogP contribution in [-0.2, 0) is 0 Å². The molecule has 0 saturated carbocycles. The summed E-state index contributed by atoms with van der Waals surface area (Å²) in [4.78, 5) is 22.5. The molecule has 7 nitrogen and oxygen atoms in total. The number of nitrogens with two attached hydrogens (primary N) is 1. The van der Waals surface area contributed by atoms with E-state index in [1.807, 2.05) is 20.8 Å². The maximum absolute atomic E-state index is 11.8. The third kappa shape index (κ3) is 4.42. The first-order valence-electron chi connectivity index (χ1n) is 6.93. The van der Waals surface area contributed by atoms with Gasteiger partial charge in [-0.2, -0.15) is 0 Å². The molecule has 0 aliphatic carbocycles. The molecule has 0 aliphatic heterocycles. The monoisotopic (exact) mass is 294 g/mol. The molecule has 0 aromatic heterocycles. The quantitative estimate of drug-likeness (QED) is 0.524. The van der Waals surface area contributed by atoms with Gasteiger partial charge < -0.3 is 16.4 Å². The SMILES string of the molecule is CCNC(=O)c1ccc([N+](=O)[O-])c(NC(CN)C(C)C)c1. The highest BCUT2D eigenvalue weighted by Crippen LogP contribution is 2.27. The van der Waals surface area contributed by atoms with E-state index < -0.39 is 4.92 Å². The number of nitro groups is 1. The van der Waals surface area contributed by atoms with E-state index in [1.54, 1.807) is 0 Å². The Kier molecular flexibility index (Phi) is 6.10. The summed E-state index contributed by atoms with van der Waals surface area (Å²) in [6.45, 7) is 6.61. The molecule has 1 atom stereocenters. The van der Waals surface area contributed by atoms with Gasteiger partial charge in [0, 0.05) is 30.8 Å².